The molecule has 2 aliphatic rings. The Morgan fingerprint density at radius 3 is 2.19 bits per heavy atom. The number of benzene rings is 2. The number of rotatable bonds is 5. The highest BCUT2D eigenvalue weighted by Crippen LogP contribution is 2.49. The number of carbonyl (C=O) groups is 4. The van der Waals surface area contributed by atoms with Crippen LogP contribution in [0.3, 0.4) is 0 Å². The minimum Gasteiger partial charge on any atom is -0.480 e. The summed E-state index contributed by atoms with van der Waals surface area (Å²) in [4.78, 5) is 51.4. The Labute approximate surface area is 186 Å². The van der Waals surface area contributed by atoms with E-state index in [1.807, 2.05) is 0 Å². The molecule has 0 radical (unpaired) electrons. The van der Waals surface area contributed by atoms with Crippen LogP contribution in [0, 0.1) is 11.8 Å². The molecule has 9 heteroatoms. The third-order valence-corrected chi connectivity index (χ3v) is 6.58. The quantitative estimate of drug-likeness (QED) is 0.435. The molecule has 2 amide bonds. The van der Waals surface area contributed by atoms with E-state index in [1.54, 1.807) is 24.3 Å². The van der Waals surface area contributed by atoms with Gasteiger partial charge in [0.2, 0.25) is 11.8 Å². The fourth-order valence-corrected chi connectivity index (χ4v) is 4.73. The molecule has 0 aliphatic carbocycles. The van der Waals surface area contributed by atoms with Crippen LogP contribution < -0.4 is 10.2 Å². The minimum atomic E-state index is -2.00. The highest BCUT2D eigenvalue weighted by atomic mass is 79.9. The van der Waals surface area contributed by atoms with Gasteiger partial charge >= 0.3 is 5.97 Å². The fraction of sp³-hybridized carbons (Fsp3) is 0.273. The lowest BCUT2D eigenvalue weighted by Gasteiger charge is -2.29. The van der Waals surface area contributed by atoms with Crippen LogP contribution in [0.15, 0.2) is 53.0 Å². The van der Waals surface area contributed by atoms with Crippen molar-refractivity contribution >= 4 is 45.2 Å². The highest BCUT2D eigenvalue weighted by Gasteiger charge is 2.68. The second-order valence-electron chi connectivity index (χ2n) is 7.73. The zero-order valence-electron chi connectivity index (χ0n) is 16.4. The SMILES string of the molecule is CC(=O)c1ccc(N2C(=O)C3C(c4ccc(Br)cc4)NC(CO)(C(=O)O)C3C2=O)cc1. The van der Waals surface area contributed by atoms with Gasteiger partial charge in [0.25, 0.3) is 0 Å². The number of carboxylic acids is 1. The monoisotopic (exact) mass is 486 g/mol. The normalized spacial score (nSPS) is 27.5. The Morgan fingerprint density at radius 1 is 1.06 bits per heavy atom. The van der Waals surface area contributed by atoms with E-state index < -0.39 is 47.8 Å². The van der Waals surface area contributed by atoms with E-state index in [4.69, 9.17) is 0 Å². The number of anilines is 1. The first-order valence-electron chi connectivity index (χ1n) is 9.57. The molecule has 2 aromatic rings. The highest BCUT2D eigenvalue weighted by molar-refractivity contribution is 9.10. The van der Waals surface area contributed by atoms with Crippen molar-refractivity contribution in [3.63, 3.8) is 0 Å². The van der Waals surface area contributed by atoms with Crippen molar-refractivity contribution in [1.29, 1.82) is 0 Å². The van der Waals surface area contributed by atoms with E-state index in [0.717, 1.165) is 9.37 Å². The molecule has 160 valence electrons. The van der Waals surface area contributed by atoms with Gasteiger partial charge in [0.05, 0.1) is 24.1 Å². The molecular formula is C22H19BrN2O6. The molecule has 0 bridgehead atoms. The number of aliphatic hydroxyl groups is 1. The summed E-state index contributed by atoms with van der Waals surface area (Å²) in [6.07, 6.45) is 0. The molecule has 2 aliphatic heterocycles. The molecule has 2 aromatic carbocycles. The van der Waals surface area contributed by atoms with Crippen molar-refractivity contribution in [1.82, 2.24) is 5.32 Å². The van der Waals surface area contributed by atoms with Gasteiger partial charge in [0.15, 0.2) is 11.3 Å². The molecule has 4 atom stereocenters. The van der Waals surface area contributed by atoms with Crippen LogP contribution in [0.5, 0.6) is 0 Å². The van der Waals surface area contributed by atoms with Gasteiger partial charge in [-0.1, -0.05) is 28.1 Å². The predicted molar refractivity (Wildman–Crippen MR) is 113 cm³/mol. The third-order valence-electron chi connectivity index (χ3n) is 6.05. The molecule has 0 spiro atoms. The number of carbonyl (C=O) groups excluding carboxylic acids is 3. The largest absolute Gasteiger partial charge is 0.480 e. The maximum atomic E-state index is 13.4. The molecule has 0 saturated carbocycles. The molecule has 8 nitrogen and oxygen atoms in total. The van der Waals surface area contributed by atoms with Crippen LogP contribution in [0.4, 0.5) is 5.69 Å². The number of aliphatic hydroxyl groups excluding tert-OH is 1. The van der Waals surface area contributed by atoms with Crippen LogP contribution >= 0.6 is 15.9 Å². The van der Waals surface area contributed by atoms with Crippen LogP contribution in [-0.4, -0.2) is 45.9 Å². The zero-order chi connectivity index (χ0) is 22.5. The van der Waals surface area contributed by atoms with Crippen molar-refractivity contribution in [3.8, 4) is 0 Å². The lowest BCUT2D eigenvalue weighted by Crippen LogP contribution is -2.58. The molecule has 2 fully saturated rings. The summed E-state index contributed by atoms with van der Waals surface area (Å²) in [6.45, 7) is 0.551. The summed E-state index contributed by atoms with van der Waals surface area (Å²) in [5.41, 5.74) is -0.693. The van der Waals surface area contributed by atoms with Gasteiger partial charge in [-0.3, -0.25) is 24.5 Å². The number of hydrogen-bond acceptors (Lipinski definition) is 6. The maximum Gasteiger partial charge on any atom is 0.327 e. The van der Waals surface area contributed by atoms with Gasteiger partial charge in [-0.05, 0) is 48.9 Å². The average Bonchev–Trinajstić information content (AvgIpc) is 3.23. The Bertz CT molecular complexity index is 1080. The maximum absolute atomic E-state index is 13.4. The second kappa shape index (κ2) is 7.67. The molecule has 3 N–H and O–H groups in total. The van der Waals surface area contributed by atoms with Gasteiger partial charge in [-0.25, -0.2) is 4.90 Å². The summed E-state index contributed by atoms with van der Waals surface area (Å²) in [6, 6.07) is 12.2. The van der Waals surface area contributed by atoms with E-state index in [-0.39, 0.29) is 11.5 Å². The van der Waals surface area contributed by atoms with Gasteiger partial charge in [0, 0.05) is 16.1 Å². The van der Waals surface area contributed by atoms with Crippen molar-refractivity contribution in [2.24, 2.45) is 11.8 Å². The van der Waals surface area contributed by atoms with Crippen molar-refractivity contribution in [2.75, 3.05) is 11.5 Å². The van der Waals surface area contributed by atoms with Crippen LogP contribution in [0.2, 0.25) is 0 Å². The molecule has 4 rings (SSSR count). The lowest BCUT2D eigenvalue weighted by atomic mass is 9.80. The smallest absolute Gasteiger partial charge is 0.327 e. The third kappa shape index (κ3) is 3.20. The molecule has 4 unspecified atom stereocenters. The number of nitrogens with one attached hydrogen (secondary N) is 1. The van der Waals surface area contributed by atoms with E-state index >= 15 is 0 Å². The van der Waals surface area contributed by atoms with Gasteiger partial charge in [-0.15, -0.1) is 0 Å². The molecule has 2 saturated heterocycles. The topological polar surface area (TPSA) is 124 Å². The second-order valence-corrected chi connectivity index (χ2v) is 8.64. The number of imide groups is 1. The van der Waals surface area contributed by atoms with E-state index in [0.29, 0.717) is 11.1 Å². The summed E-state index contributed by atoms with van der Waals surface area (Å²) >= 11 is 3.34. The van der Waals surface area contributed by atoms with Crippen LogP contribution in [0.25, 0.3) is 0 Å². The number of Topliss-reactive ketones (excluding diaryl/α,β-unsaturated/α-hetero) is 1. The van der Waals surface area contributed by atoms with Gasteiger partial charge in [-0.2, -0.15) is 0 Å². The van der Waals surface area contributed by atoms with E-state index in [1.165, 1.54) is 31.2 Å². The number of hydrogen-bond donors (Lipinski definition) is 3. The Morgan fingerprint density at radius 2 is 1.68 bits per heavy atom. The molecule has 2 heterocycles. The first-order chi connectivity index (χ1) is 14.7. The summed E-state index contributed by atoms with van der Waals surface area (Å²) in [5.74, 6) is -5.11. The van der Waals surface area contributed by atoms with E-state index in [9.17, 15) is 29.4 Å². The number of nitrogens with zero attached hydrogens (tertiary/aromatic N) is 1. The Balaban J connectivity index is 1.81. The Kier molecular flexibility index (Phi) is 5.28. The van der Waals surface area contributed by atoms with E-state index in [2.05, 4.69) is 21.2 Å². The van der Waals surface area contributed by atoms with Crippen molar-refractivity contribution in [2.45, 2.75) is 18.5 Å². The number of halogens is 1. The number of aliphatic carboxylic acids is 1. The Hall–Kier alpha value is -2.88. The lowest BCUT2D eigenvalue weighted by molar-refractivity contribution is -0.150. The summed E-state index contributed by atoms with van der Waals surface area (Å²) < 4.78 is 0.804. The van der Waals surface area contributed by atoms with Gasteiger partial charge < -0.3 is 10.2 Å². The zero-order valence-corrected chi connectivity index (χ0v) is 18.0. The first-order valence-corrected chi connectivity index (χ1v) is 10.4. The standard InChI is InChI=1S/C22H19BrN2O6/c1-11(27)12-4-8-15(9-5-12)25-19(28)16-17(20(25)29)22(10-26,21(30)31)24-18(16)13-2-6-14(23)7-3-13/h2-9,16-18,24,26H,10H2,1H3,(H,30,31). The summed E-state index contributed by atoms with van der Waals surface area (Å²) in [5, 5.41) is 22.8. The number of ketones is 1. The van der Waals surface area contributed by atoms with Crippen molar-refractivity contribution < 1.29 is 29.4 Å². The molecular weight excluding hydrogens is 468 g/mol. The molecule has 0 aromatic heterocycles. The number of amides is 2. The number of fused-ring (bicyclic) bond motifs is 1. The first kappa shape index (κ1) is 21.4. The summed E-state index contributed by atoms with van der Waals surface area (Å²) in [7, 11) is 0. The van der Waals surface area contributed by atoms with Crippen molar-refractivity contribution in [3.05, 3.63) is 64.1 Å². The van der Waals surface area contributed by atoms with Gasteiger partial charge in [0.1, 0.15) is 0 Å². The minimum absolute atomic E-state index is 0.160. The predicted octanol–water partition coefficient (Wildman–Crippen LogP) is 1.92. The van der Waals surface area contributed by atoms with Crippen LogP contribution in [0.1, 0.15) is 28.9 Å². The molecule has 31 heavy (non-hydrogen) atoms. The van der Waals surface area contributed by atoms with Crippen LogP contribution in [-0.2, 0) is 14.4 Å². The average molecular weight is 487 g/mol. The fourth-order valence-electron chi connectivity index (χ4n) is 4.47. The number of carboxylic acid groups (broad SMARTS) is 1.